The Hall–Kier alpha value is -1.03. The molecule has 0 unspecified atom stereocenters. The number of guanidine groups is 1. The monoisotopic (exact) mass is 225 g/mol. The molecule has 1 rings (SSSR count). The second-order valence-corrected chi connectivity index (χ2v) is 5.50. The summed E-state index contributed by atoms with van der Waals surface area (Å²) in [5.74, 6) is 0.527. The summed E-state index contributed by atoms with van der Waals surface area (Å²) in [5, 5.41) is 5.21. The van der Waals surface area contributed by atoms with Gasteiger partial charge in [-0.25, -0.2) is 0 Å². The third kappa shape index (κ3) is 5.42. The Bertz CT molecular complexity index is 309. The van der Waals surface area contributed by atoms with Crippen LogP contribution in [0.15, 0.2) is 22.5 Å². The quantitative estimate of drug-likeness (QED) is 0.610. The Morgan fingerprint density at radius 3 is 2.80 bits per heavy atom. The van der Waals surface area contributed by atoms with Crippen LogP contribution in [-0.2, 0) is 6.42 Å². The Kier molecular flexibility index (Phi) is 4.15. The predicted octanol–water partition coefficient (Wildman–Crippen LogP) is 1.99. The first kappa shape index (κ1) is 12.0. The van der Waals surface area contributed by atoms with Crippen molar-refractivity contribution >= 4 is 17.3 Å². The van der Waals surface area contributed by atoms with Gasteiger partial charge in [-0.05, 0) is 32.2 Å². The van der Waals surface area contributed by atoms with Gasteiger partial charge >= 0.3 is 0 Å². The van der Waals surface area contributed by atoms with E-state index in [0.29, 0.717) is 5.96 Å². The van der Waals surface area contributed by atoms with Crippen molar-refractivity contribution in [3.8, 4) is 0 Å². The number of aliphatic imine (C=N–C) groups is 1. The van der Waals surface area contributed by atoms with Crippen molar-refractivity contribution in [1.82, 2.24) is 5.32 Å². The molecule has 0 aromatic carbocycles. The van der Waals surface area contributed by atoms with Crippen molar-refractivity contribution in [2.45, 2.75) is 32.7 Å². The van der Waals surface area contributed by atoms with E-state index >= 15 is 0 Å². The zero-order valence-electron chi connectivity index (χ0n) is 9.58. The lowest BCUT2D eigenvalue weighted by Crippen LogP contribution is -2.45. The lowest BCUT2D eigenvalue weighted by Gasteiger charge is -2.20. The van der Waals surface area contributed by atoms with Crippen LogP contribution in [0.25, 0.3) is 0 Å². The minimum absolute atomic E-state index is 0.0173. The number of nitrogens with one attached hydrogen (secondary N) is 1. The molecule has 4 heteroatoms. The molecule has 0 aliphatic rings. The van der Waals surface area contributed by atoms with Crippen LogP contribution in [0.2, 0.25) is 0 Å². The van der Waals surface area contributed by atoms with E-state index in [1.165, 1.54) is 4.88 Å². The highest BCUT2D eigenvalue weighted by Gasteiger charge is 2.09. The SMILES string of the molecule is CC(C)(C)NC(N)=NCCc1cccs1. The summed E-state index contributed by atoms with van der Waals surface area (Å²) in [6.07, 6.45) is 0.962. The molecule has 0 aliphatic heterocycles. The standard InChI is InChI=1S/C11H19N3S/c1-11(2,3)14-10(12)13-7-6-9-5-4-8-15-9/h4-5,8H,6-7H2,1-3H3,(H3,12,13,14). The molecule has 1 aromatic rings. The Morgan fingerprint density at radius 1 is 1.53 bits per heavy atom. The van der Waals surface area contributed by atoms with Crippen LogP contribution >= 0.6 is 11.3 Å². The van der Waals surface area contributed by atoms with E-state index in [0.717, 1.165) is 13.0 Å². The average molecular weight is 225 g/mol. The molecule has 0 spiro atoms. The molecule has 1 aromatic heterocycles. The molecule has 1 heterocycles. The van der Waals surface area contributed by atoms with Gasteiger partial charge in [0.2, 0.25) is 0 Å². The molecule has 0 saturated heterocycles. The van der Waals surface area contributed by atoms with Crippen molar-refractivity contribution in [2.75, 3.05) is 6.54 Å². The van der Waals surface area contributed by atoms with Gasteiger partial charge in [-0.2, -0.15) is 0 Å². The molecule has 0 amide bonds. The van der Waals surface area contributed by atoms with Gasteiger partial charge in [0.25, 0.3) is 0 Å². The minimum atomic E-state index is -0.0173. The van der Waals surface area contributed by atoms with Gasteiger partial charge < -0.3 is 11.1 Å². The second-order valence-electron chi connectivity index (χ2n) is 4.47. The summed E-state index contributed by atoms with van der Waals surface area (Å²) in [4.78, 5) is 5.62. The van der Waals surface area contributed by atoms with Gasteiger partial charge in [-0.3, -0.25) is 4.99 Å². The first-order valence-electron chi connectivity index (χ1n) is 5.08. The Labute approximate surface area is 95.4 Å². The second kappa shape index (κ2) is 5.16. The number of nitrogens with zero attached hydrogens (tertiary/aromatic N) is 1. The molecular formula is C11H19N3S. The molecule has 0 radical (unpaired) electrons. The number of rotatable bonds is 3. The summed E-state index contributed by atoms with van der Waals surface area (Å²) in [5.41, 5.74) is 5.72. The van der Waals surface area contributed by atoms with Gasteiger partial charge in [-0.15, -0.1) is 11.3 Å². The normalized spacial score (nSPS) is 12.9. The summed E-state index contributed by atoms with van der Waals surface area (Å²) < 4.78 is 0. The molecule has 0 bridgehead atoms. The third-order valence-corrected chi connectivity index (χ3v) is 2.66. The van der Waals surface area contributed by atoms with E-state index in [-0.39, 0.29) is 5.54 Å². The van der Waals surface area contributed by atoms with Crippen LogP contribution in [0.4, 0.5) is 0 Å². The highest BCUT2D eigenvalue weighted by Crippen LogP contribution is 2.08. The van der Waals surface area contributed by atoms with Gasteiger partial charge in [0.05, 0.1) is 0 Å². The topological polar surface area (TPSA) is 50.4 Å². The van der Waals surface area contributed by atoms with Crippen molar-refractivity contribution in [3.05, 3.63) is 22.4 Å². The smallest absolute Gasteiger partial charge is 0.188 e. The zero-order chi connectivity index (χ0) is 11.3. The van der Waals surface area contributed by atoms with E-state index in [1.54, 1.807) is 11.3 Å². The fourth-order valence-electron chi connectivity index (χ4n) is 1.17. The predicted molar refractivity (Wildman–Crippen MR) is 67.4 cm³/mol. The van der Waals surface area contributed by atoms with Crippen molar-refractivity contribution in [2.24, 2.45) is 10.7 Å². The van der Waals surface area contributed by atoms with Crippen molar-refractivity contribution in [3.63, 3.8) is 0 Å². The van der Waals surface area contributed by atoms with Crippen LogP contribution in [0.1, 0.15) is 25.6 Å². The van der Waals surface area contributed by atoms with Crippen LogP contribution < -0.4 is 11.1 Å². The average Bonchev–Trinajstić information content (AvgIpc) is 2.53. The fourth-order valence-corrected chi connectivity index (χ4v) is 1.86. The number of thiophene rings is 1. The minimum Gasteiger partial charge on any atom is -0.370 e. The highest BCUT2D eigenvalue weighted by atomic mass is 32.1. The van der Waals surface area contributed by atoms with Crippen molar-refractivity contribution < 1.29 is 0 Å². The van der Waals surface area contributed by atoms with Crippen LogP contribution in [0, 0.1) is 0 Å². The lowest BCUT2D eigenvalue weighted by molar-refractivity contribution is 0.508. The highest BCUT2D eigenvalue weighted by molar-refractivity contribution is 7.09. The third-order valence-electron chi connectivity index (χ3n) is 1.72. The Morgan fingerprint density at radius 2 is 2.27 bits per heavy atom. The largest absolute Gasteiger partial charge is 0.370 e. The number of nitrogens with two attached hydrogens (primary N) is 1. The first-order valence-corrected chi connectivity index (χ1v) is 5.96. The maximum atomic E-state index is 5.74. The summed E-state index contributed by atoms with van der Waals surface area (Å²) in [6, 6.07) is 4.17. The molecule has 0 atom stereocenters. The molecule has 15 heavy (non-hydrogen) atoms. The maximum Gasteiger partial charge on any atom is 0.188 e. The van der Waals surface area contributed by atoms with E-state index in [4.69, 9.17) is 5.73 Å². The molecule has 0 aliphatic carbocycles. The van der Waals surface area contributed by atoms with Crippen LogP contribution in [0.5, 0.6) is 0 Å². The van der Waals surface area contributed by atoms with Gasteiger partial charge in [-0.1, -0.05) is 6.07 Å². The van der Waals surface area contributed by atoms with Gasteiger partial charge in [0.1, 0.15) is 0 Å². The molecule has 3 nitrogen and oxygen atoms in total. The molecule has 0 saturated carbocycles. The maximum absolute atomic E-state index is 5.74. The molecule has 3 N–H and O–H groups in total. The first-order chi connectivity index (χ1) is 6.97. The fraction of sp³-hybridized carbons (Fsp3) is 0.545. The summed E-state index contributed by atoms with van der Waals surface area (Å²) in [7, 11) is 0. The number of hydrogen-bond acceptors (Lipinski definition) is 2. The van der Waals surface area contributed by atoms with E-state index in [2.05, 4.69) is 48.6 Å². The molecule has 0 fully saturated rings. The summed E-state index contributed by atoms with van der Waals surface area (Å²) in [6.45, 7) is 6.94. The van der Waals surface area contributed by atoms with Gasteiger partial charge in [0.15, 0.2) is 5.96 Å². The number of hydrogen-bond donors (Lipinski definition) is 2. The Balaban J connectivity index is 2.32. The molecule has 84 valence electrons. The molecular weight excluding hydrogens is 206 g/mol. The van der Waals surface area contributed by atoms with Crippen LogP contribution in [0.3, 0.4) is 0 Å². The van der Waals surface area contributed by atoms with Crippen molar-refractivity contribution in [1.29, 1.82) is 0 Å². The van der Waals surface area contributed by atoms with E-state index in [9.17, 15) is 0 Å². The van der Waals surface area contributed by atoms with E-state index < -0.39 is 0 Å². The van der Waals surface area contributed by atoms with Gasteiger partial charge in [0, 0.05) is 23.4 Å². The van der Waals surface area contributed by atoms with E-state index in [1.807, 2.05) is 0 Å². The lowest BCUT2D eigenvalue weighted by atomic mass is 10.1. The van der Waals surface area contributed by atoms with Crippen LogP contribution in [-0.4, -0.2) is 18.0 Å². The zero-order valence-corrected chi connectivity index (χ0v) is 10.4. The summed E-state index contributed by atoms with van der Waals surface area (Å²) >= 11 is 1.76.